The number of nitrogens with zero attached hydrogens (tertiary/aromatic N) is 3. The Morgan fingerprint density at radius 2 is 1.65 bits per heavy atom. The fraction of sp³-hybridized carbons (Fsp3) is 0.292. The Hall–Kier alpha value is -4.05. The number of carbonyl (C=O) groups is 2. The van der Waals surface area contributed by atoms with Crippen molar-refractivity contribution in [1.29, 1.82) is 0 Å². The molecular formula is C24H23N3O7. The summed E-state index contributed by atoms with van der Waals surface area (Å²) in [4.78, 5) is 39.6. The number of benzene rings is 2. The van der Waals surface area contributed by atoms with Gasteiger partial charge in [0.2, 0.25) is 0 Å². The van der Waals surface area contributed by atoms with Crippen LogP contribution in [0.1, 0.15) is 44.5 Å². The van der Waals surface area contributed by atoms with E-state index in [9.17, 15) is 19.7 Å². The highest BCUT2D eigenvalue weighted by Gasteiger charge is 2.43. The summed E-state index contributed by atoms with van der Waals surface area (Å²) in [5.74, 6) is -1.51. The predicted octanol–water partition coefficient (Wildman–Crippen LogP) is 3.78. The van der Waals surface area contributed by atoms with Gasteiger partial charge in [0.05, 0.1) is 11.1 Å². The van der Waals surface area contributed by atoms with E-state index >= 15 is 0 Å². The number of hydrogen-bond acceptors (Lipinski definition) is 8. The molecule has 2 heterocycles. The van der Waals surface area contributed by atoms with Gasteiger partial charge >= 0.3 is 17.9 Å². The summed E-state index contributed by atoms with van der Waals surface area (Å²) < 4.78 is 18.3. The molecule has 0 unspecified atom stereocenters. The van der Waals surface area contributed by atoms with Crippen LogP contribution in [0.2, 0.25) is 0 Å². The van der Waals surface area contributed by atoms with E-state index in [2.05, 4.69) is 4.98 Å². The first-order valence-electron chi connectivity index (χ1n) is 10.7. The van der Waals surface area contributed by atoms with Crippen molar-refractivity contribution in [1.82, 2.24) is 9.55 Å². The molecule has 0 saturated carbocycles. The Bertz CT molecular complexity index is 1190. The van der Waals surface area contributed by atoms with Crippen LogP contribution in [0.25, 0.3) is 0 Å². The van der Waals surface area contributed by atoms with E-state index in [1.165, 1.54) is 17.0 Å². The quantitative estimate of drug-likeness (QED) is 0.293. The van der Waals surface area contributed by atoms with Gasteiger partial charge in [0.1, 0.15) is 31.2 Å². The molecule has 3 aromatic rings. The van der Waals surface area contributed by atoms with Gasteiger partial charge in [-0.15, -0.1) is 0 Å². The van der Waals surface area contributed by atoms with E-state index in [0.717, 1.165) is 11.1 Å². The molecule has 0 spiro atoms. The molecule has 176 valence electrons. The summed E-state index contributed by atoms with van der Waals surface area (Å²) in [6.45, 7) is 3.61. The van der Waals surface area contributed by atoms with Crippen LogP contribution in [0.3, 0.4) is 0 Å². The number of carbonyl (C=O) groups excluding carboxylic acids is 2. The number of rotatable bonds is 7. The average molecular weight is 465 g/mol. The number of imidazole rings is 1. The number of hydrogen-bond donors (Lipinski definition) is 0. The van der Waals surface area contributed by atoms with E-state index < -0.39 is 41.2 Å². The van der Waals surface area contributed by atoms with Gasteiger partial charge in [-0.2, -0.15) is 0 Å². The summed E-state index contributed by atoms with van der Waals surface area (Å²) in [6.07, 6.45) is 0.396. The summed E-state index contributed by atoms with van der Waals surface area (Å²) in [6, 6.07) is 13.8. The van der Waals surface area contributed by atoms with Gasteiger partial charge in [0.25, 0.3) is 0 Å². The highest BCUT2D eigenvalue weighted by Crippen LogP contribution is 2.34. The fourth-order valence-corrected chi connectivity index (χ4v) is 3.64. The van der Waals surface area contributed by atoms with Gasteiger partial charge in [-0.05, 0) is 43.0 Å². The van der Waals surface area contributed by atoms with Crippen LogP contribution in [-0.2, 0) is 14.2 Å². The second-order valence-electron chi connectivity index (χ2n) is 8.03. The minimum Gasteiger partial charge on any atom is -0.459 e. The molecule has 0 N–H and O–H groups in total. The maximum absolute atomic E-state index is 12.7. The predicted molar refractivity (Wildman–Crippen MR) is 119 cm³/mol. The second-order valence-corrected chi connectivity index (χ2v) is 8.03. The number of ether oxygens (including phenoxy) is 3. The first kappa shape index (κ1) is 23.1. The van der Waals surface area contributed by atoms with Crippen molar-refractivity contribution in [3.63, 3.8) is 0 Å². The Morgan fingerprint density at radius 3 is 2.24 bits per heavy atom. The van der Waals surface area contributed by atoms with Gasteiger partial charge in [0, 0.05) is 6.42 Å². The maximum Gasteiger partial charge on any atom is 0.436 e. The van der Waals surface area contributed by atoms with Crippen molar-refractivity contribution < 1.29 is 28.7 Å². The Morgan fingerprint density at radius 1 is 1.06 bits per heavy atom. The van der Waals surface area contributed by atoms with Crippen molar-refractivity contribution in [2.45, 2.75) is 38.7 Å². The lowest BCUT2D eigenvalue weighted by Gasteiger charge is -2.18. The Balaban J connectivity index is 1.50. The molecule has 4 rings (SSSR count). The minimum absolute atomic E-state index is 0.127. The highest BCUT2D eigenvalue weighted by molar-refractivity contribution is 5.90. The normalized spacial score (nSPS) is 19.5. The third kappa shape index (κ3) is 5.12. The van der Waals surface area contributed by atoms with Crippen molar-refractivity contribution in [2.75, 3.05) is 6.61 Å². The van der Waals surface area contributed by atoms with Crippen LogP contribution in [0, 0.1) is 24.0 Å². The number of aryl methyl sites for hydroxylation is 2. The molecule has 0 amide bonds. The second kappa shape index (κ2) is 9.84. The molecule has 0 bridgehead atoms. The van der Waals surface area contributed by atoms with E-state index in [4.69, 9.17) is 14.2 Å². The van der Waals surface area contributed by atoms with Crippen LogP contribution in [0.5, 0.6) is 0 Å². The zero-order valence-corrected chi connectivity index (χ0v) is 18.6. The molecule has 34 heavy (non-hydrogen) atoms. The summed E-state index contributed by atoms with van der Waals surface area (Å²) in [7, 11) is 0. The fourth-order valence-electron chi connectivity index (χ4n) is 3.64. The molecule has 3 atom stereocenters. The van der Waals surface area contributed by atoms with Crippen molar-refractivity contribution >= 4 is 17.9 Å². The van der Waals surface area contributed by atoms with Gasteiger partial charge < -0.3 is 24.3 Å². The van der Waals surface area contributed by atoms with Gasteiger partial charge in [-0.1, -0.05) is 40.4 Å². The van der Waals surface area contributed by atoms with Crippen LogP contribution in [0.15, 0.2) is 60.9 Å². The molecule has 0 radical (unpaired) electrons. The molecule has 1 aliphatic rings. The molecule has 10 nitrogen and oxygen atoms in total. The zero-order valence-electron chi connectivity index (χ0n) is 18.6. The standard InChI is InChI=1S/C24H23N3O7/c1-15-3-7-17(8-4-15)22(28)32-14-20-19(34-23(29)18-9-5-16(2)6-10-18)13-21(33-20)26-12-11-25-24(26)27(30)31/h3-12,19-21H,13-14H2,1-2H3/t19-,20+,21+/m0/s1. The van der Waals surface area contributed by atoms with Crippen LogP contribution in [0.4, 0.5) is 5.95 Å². The molecule has 1 aliphatic heterocycles. The van der Waals surface area contributed by atoms with Crippen molar-refractivity contribution in [2.24, 2.45) is 0 Å². The van der Waals surface area contributed by atoms with Crippen molar-refractivity contribution in [3.05, 3.63) is 93.3 Å². The third-order valence-corrected chi connectivity index (χ3v) is 5.51. The van der Waals surface area contributed by atoms with E-state index in [1.807, 2.05) is 13.8 Å². The van der Waals surface area contributed by atoms with Crippen LogP contribution >= 0.6 is 0 Å². The van der Waals surface area contributed by atoms with Gasteiger partial charge in [-0.25, -0.2) is 14.2 Å². The molecule has 10 heteroatoms. The summed E-state index contributed by atoms with van der Waals surface area (Å²) >= 11 is 0. The van der Waals surface area contributed by atoms with E-state index in [0.29, 0.717) is 11.1 Å². The molecule has 1 aromatic heterocycles. The SMILES string of the molecule is Cc1ccc(C(=O)OC[C@H]2O[C@@H](n3ccnc3[N+](=O)[O-])C[C@@H]2OC(=O)c2ccc(C)cc2)cc1. The smallest absolute Gasteiger partial charge is 0.436 e. The summed E-state index contributed by atoms with van der Waals surface area (Å²) in [5, 5.41) is 11.3. The lowest BCUT2D eigenvalue weighted by atomic mass is 10.1. The van der Waals surface area contributed by atoms with Gasteiger partial charge in [-0.3, -0.25) is 0 Å². The largest absolute Gasteiger partial charge is 0.459 e. The molecule has 0 aliphatic carbocycles. The highest BCUT2D eigenvalue weighted by atomic mass is 16.6. The van der Waals surface area contributed by atoms with E-state index in [-0.39, 0.29) is 13.0 Å². The number of esters is 2. The molecule has 1 fully saturated rings. The average Bonchev–Trinajstić information content (AvgIpc) is 3.45. The minimum atomic E-state index is -0.823. The summed E-state index contributed by atoms with van der Waals surface area (Å²) in [5.41, 5.74) is 2.73. The lowest BCUT2D eigenvalue weighted by Crippen LogP contribution is -2.32. The topological polar surface area (TPSA) is 123 Å². The monoisotopic (exact) mass is 465 g/mol. The van der Waals surface area contributed by atoms with Crippen LogP contribution in [-0.4, -0.2) is 45.2 Å². The molecule has 1 saturated heterocycles. The Kier molecular flexibility index (Phi) is 6.69. The van der Waals surface area contributed by atoms with E-state index in [1.54, 1.807) is 48.5 Å². The third-order valence-electron chi connectivity index (χ3n) is 5.51. The zero-order chi connectivity index (χ0) is 24.2. The van der Waals surface area contributed by atoms with Crippen LogP contribution < -0.4 is 0 Å². The Labute approximate surface area is 195 Å². The lowest BCUT2D eigenvalue weighted by molar-refractivity contribution is -0.398. The maximum atomic E-state index is 12.7. The number of nitro groups is 1. The molecular weight excluding hydrogens is 442 g/mol. The number of aromatic nitrogens is 2. The van der Waals surface area contributed by atoms with Crippen molar-refractivity contribution in [3.8, 4) is 0 Å². The first-order chi connectivity index (χ1) is 16.3. The molecule has 2 aromatic carbocycles. The first-order valence-corrected chi connectivity index (χ1v) is 10.7. The van der Waals surface area contributed by atoms with Gasteiger partial charge in [0.15, 0.2) is 6.23 Å².